The van der Waals surface area contributed by atoms with Gasteiger partial charge in [-0.05, 0) is 12.5 Å². The number of nitrogens with zero attached hydrogens (tertiary/aromatic N) is 1. The summed E-state index contributed by atoms with van der Waals surface area (Å²) in [6, 6.07) is 1.72. The molecule has 0 unspecified atom stereocenters. The molecular formula is C11H12N2O4S. The zero-order valence-corrected chi connectivity index (χ0v) is 10.5. The van der Waals surface area contributed by atoms with Crippen LogP contribution in [0.5, 0.6) is 0 Å². The van der Waals surface area contributed by atoms with Crippen LogP contribution in [0, 0.1) is 0 Å². The number of hydrogen-bond donors (Lipinski definition) is 2. The molecule has 96 valence electrons. The van der Waals surface area contributed by atoms with Crippen molar-refractivity contribution in [2.75, 3.05) is 0 Å². The predicted octanol–water partition coefficient (Wildman–Crippen LogP) is 0.788. The Morgan fingerprint density at radius 3 is 2.83 bits per heavy atom. The van der Waals surface area contributed by atoms with Crippen LogP contribution in [0.15, 0.2) is 15.7 Å². The highest BCUT2D eigenvalue weighted by Crippen LogP contribution is 2.21. The average molecular weight is 268 g/mol. The van der Waals surface area contributed by atoms with E-state index < -0.39 is 23.8 Å². The summed E-state index contributed by atoms with van der Waals surface area (Å²) >= 11 is 1.36. The number of carbonyl (C=O) groups is 1. The molecule has 2 heterocycles. The minimum absolute atomic E-state index is 0.379. The smallest absolute Gasteiger partial charge is 0.329 e. The van der Waals surface area contributed by atoms with Crippen molar-refractivity contribution < 1.29 is 9.90 Å². The highest BCUT2D eigenvalue weighted by Gasteiger charge is 2.12. The lowest BCUT2D eigenvalue weighted by Crippen LogP contribution is -2.36. The lowest BCUT2D eigenvalue weighted by Gasteiger charge is -1.99. The van der Waals surface area contributed by atoms with E-state index >= 15 is 0 Å². The van der Waals surface area contributed by atoms with Crippen molar-refractivity contribution in [1.82, 2.24) is 9.55 Å². The lowest BCUT2D eigenvalue weighted by molar-refractivity contribution is -0.137. The second kappa shape index (κ2) is 4.77. The molecule has 0 saturated carbocycles. The second-order valence-electron chi connectivity index (χ2n) is 3.92. The molecule has 0 spiro atoms. The van der Waals surface area contributed by atoms with Crippen LogP contribution in [0.25, 0.3) is 10.2 Å². The van der Waals surface area contributed by atoms with Crippen LogP contribution in [-0.2, 0) is 17.8 Å². The van der Waals surface area contributed by atoms with Crippen molar-refractivity contribution in [3.8, 4) is 0 Å². The highest BCUT2D eigenvalue weighted by molar-refractivity contribution is 7.18. The molecule has 0 fully saturated rings. The minimum Gasteiger partial charge on any atom is -0.480 e. The fourth-order valence-corrected chi connectivity index (χ4v) is 2.88. The molecule has 0 aliphatic heterocycles. The van der Waals surface area contributed by atoms with Gasteiger partial charge >= 0.3 is 11.7 Å². The first kappa shape index (κ1) is 12.6. The summed E-state index contributed by atoms with van der Waals surface area (Å²) in [4.78, 5) is 38.3. The minimum atomic E-state index is -1.22. The molecule has 0 bridgehead atoms. The summed E-state index contributed by atoms with van der Waals surface area (Å²) in [5.41, 5.74) is -1.23. The zero-order valence-electron chi connectivity index (χ0n) is 9.73. The first-order valence-corrected chi connectivity index (χ1v) is 6.32. The maximum atomic E-state index is 12.0. The molecular weight excluding hydrogens is 256 g/mol. The lowest BCUT2D eigenvalue weighted by atomic mass is 10.2. The summed E-state index contributed by atoms with van der Waals surface area (Å²) in [5.74, 6) is -1.22. The Morgan fingerprint density at radius 1 is 1.50 bits per heavy atom. The number of aliphatic carboxylic acids is 1. The van der Waals surface area contributed by atoms with E-state index in [4.69, 9.17) is 5.11 Å². The fraction of sp³-hybridized carbons (Fsp3) is 0.364. The molecule has 2 N–H and O–H groups in total. The van der Waals surface area contributed by atoms with Crippen molar-refractivity contribution in [2.24, 2.45) is 0 Å². The fourth-order valence-electron chi connectivity index (χ4n) is 1.74. The van der Waals surface area contributed by atoms with Gasteiger partial charge in [-0.1, -0.05) is 13.3 Å². The molecule has 0 aliphatic rings. The summed E-state index contributed by atoms with van der Waals surface area (Å²) < 4.78 is 0.702. The van der Waals surface area contributed by atoms with Crippen LogP contribution in [0.2, 0.25) is 0 Å². The summed E-state index contributed by atoms with van der Waals surface area (Å²) in [6.45, 7) is 1.40. The first-order chi connectivity index (χ1) is 8.52. The molecule has 0 aliphatic carbocycles. The van der Waals surface area contributed by atoms with Gasteiger partial charge < -0.3 is 5.11 Å². The number of rotatable bonds is 4. The Morgan fingerprint density at radius 2 is 2.22 bits per heavy atom. The number of carboxylic acid groups (broad SMARTS) is 1. The van der Waals surface area contributed by atoms with Gasteiger partial charge in [0.2, 0.25) is 0 Å². The zero-order chi connectivity index (χ0) is 13.3. The van der Waals surface area contributed by atoms with Crippen molar-refractivity contribution in [3.63, 3.8) is 0 Å². The molecule has 0 atom stereocenters. The summed E-state index contributed by atoms with van der Waals surface area (Å²) in [6.07, 6.45) is 1.78. The van der Waals surface area contributed by atoms with Gasteiger partial charge in [-0.25, -0.2) is 9.36 Å². The Kier molecular flexibility index (Phi) is 3.33. The Labute approximate surface area is 106 Å². The monoisotopic (exact) mass is 268 g/mol. The molecule has 2 aromatic rings. The molecule has 7 heteroatoms. The van der Waals surface area contributed by atoms with Gasteiger partial charge in [0.05, 0.1) is 5.39 Å². The third-order valence-electron chi connectivity index (χ3n) is 2.51. The Balaban J connectivity index is 2.65. The van der Waals surface area contributed by atoms with E-state index in [1.54, 1.807) is 6.07 Å². The molecule has 0 aromatic carbocycles. The quantitative estimate of drug-likeness (QED) is 0.857. The van der Waals surface area contributed by atoms with Crippen molar-refractivity contribution in [1.29, 1.82) is 0 Å². The summed E-state index contributed by atoms with van der Waals surface area (Å²) in [7, 11) is 0. The van der Waals surface area contributed by atoms with Gasteiger partial charge in [0.1, 0.15) is 11.4 Å². The maximum Gasteiger partial charge on any atom is 0.329 e. The van der Waals surface area contributed by atoms with Gasteiger partial charge in [0.15, 0.2) is 0 Å². The molecule has 6 nitrogen and oxygen atoms in total. The molecule has 0 saturated heterocycles. The van der Waals surface area contributed by atoms with E-state index in [1.165, 1.54) is 11.3 Å². The first-order valence-electron chi connectivity index (χ1n) is 5.50. The molecule has 0 amide bonds. The van der Waals surface area contributed by atoms with E-state index in [0.29, 0.717) is 14.8 Å². The number of fused-ring (bicyclic) bond motifs is 1. The third kappa shape index (κ3) is 2.21. The summed E-state index contributed by atoms with van der Waals surface area (Å²) in [5, 5.41) is 9.05. The van der Waals surface area contributed by atoms with Gasteiger partial charge in [0.25, 0.3) is 5.56 Å². The van der Waals surface area contributed by atoms with E-state index in [2.05, 4.69) is 4.98 Å². The van der Waals surface area contributed by atoms with Gasteiger partial charge in [0, 0.05) is 4.88 Å². The number of aromatic nitrogens is 2. The van der Waals surface area contributed by atoms with Gasteiger partial charge in [-0.2, -0.15) is 0 Å². The predicted molar refractivity (Wildman–Crippen MR) is 68.3 cm³/mol. The maximum absolute atomic E-state index is 12.0. The number of aromatic amines is 1. The molecule has 2 aromatic heterocycles. The molecule has 18 heavy (non-hydrogen) atoms. The standard InChI is InChI=1S/C11H12N2O4S/c1-2-3-6-4-7-9(18-6)12-11(17)13(10(7)16)5-8(14)15/h4H,2-3,5H2,1H3,(H,12,17)(H,14,15). The van der Waals surface area contributed by atoms with E-state index in [9.17, 15) is 14.4 Å². The average Bonchev–Trinajstić information content (AvgIpc) is 2.67. The number of H-pyrrole nitrogens is 1. The number of thiophene rings is 1. The number of hydrogen-bond acceptors (Lipinski definition) is 4. The van der Waals surface area contributed by atoms with Crippen LogP contribution < -0.4 is 11.2 Å². The van der Waals surface area contributed by atoms with Crippen molar-refractivity contribution >= 4 is 27.5 Å². The third-order valence-corrected chi connectivity index (χ3v) is 3.62. The largest absolute Gasteiger partial charge is 0.480 e. The number of aryl methyl sites for hydroxylation is 1. The normalized spacial score (nSPS) is 10.9. The van der Waals surface area contributed by atoms with Gasteiger partial charge in [-0.3, -0.25) is 14.6 Å². The topological polar surface area (TPSA) is 92.2 Å². The van der Waals surface area contributed by atoms with E-state index in [0.717, 1.165) is 17.7 Å². The number of carboxylic acids is 1. The Bertz CT molecular complexity index is 710. The van der Waals surface area contributed by atoms with Crippen LogP contribution in [0.1, 0.15) is 18.2 Å². The van der Waals surface area contributed by atoms with Crippen LogP contribution in [0.3, 0.4) is 0 Å². The highest BCUT2D eigenvalue weighted by atomic mass is 32.1. The second-order valence-corrected chi connectivity index (χ2v) is 5.06. The Hall–Kier alpha value is -1.89. The van der Waals surface area contributed by atoms with E-state index in [-0.39, 0.29) is 0 Å². The molecule has 2 rings (SSSR count). The van der Waals surface area contributed by atoms with Crippen LogP contribution in [-0.4, -0.2) is 20.6 Å². The SMILES string of the molecule is CCCc1cc2c(=O)n(CC(=O)O)c(=O)[nH]c2s1. The van der Waals surface area contributed by atoms with Gasteiger partial charge in [-0.15, -0.1) is 11.3 Å². The van der Waals surface area contributed by atoms with Crippen LogP contribution >= 0.6 is 11.3 Å². The number of nitrogens with one attached hydrogen (secondary N) is 1. The van der Waals surface area contributed by atoms with Crippen molar-refractivity contribution in [3.05, 3.63) is 31.8 Å². The van der Waals surface area contributed by atoms with E-state index in [1.807, 2.05) is 6.92 Å². The van der Waals surface area contributed by atoms with Crippen molar-refractivity contribution in [2.45, 2.75) is 26.3 Å². The molecule has 0 radical (unpaired) electrons. The van der Waals surface area contributed by atoms with Crippen LogP contribution in [0.4, 0.5) is 0 Å².